The summed E-state index contributed by atoms with van der Waals surface area (Å²) in [7, 11) is 0. The fraction of sp³-hybridized carbons (Fsp3) is 0.656. The van der Waals surface area contributed by atoms with Crippen LogP contribution >= 0.6 is 0 Å². The summed E-state index contributed by atoms with van der Waals surface area (Å²) in [6.45, 7) is 6.34. The van der Waals surface area contributed by atoms with Crippen LogP contribution in [0.5, 0.6) is 0 Å². The van der Waals surface area contributed by atoms with Gasteiger partial charge in [0.2, 0.25) is 0 Å². The number of carbonyl (C=O) groups is 3. The number of allylic oxidation sites excluding steroid dienone is 18. The van der Waals surface area contributed by atoms with Crippen LogP contribution in [0.3, 0.4) is 0 Å². The smallest absolute Gasteiger partial charge is 0.306 e. The molecule has 0 saturated carbocycles. The lowest BCUT2D eigenvalue weighted by Gasteiger charge is -2.18. The van der Waals surface area contributed by atoms with Crippen LogP contribution in [0.1, 0.15) is 239 Å². The third-order valence-corrected chi connectivity index (χ3v) is 11.4. The highest BCUT2D eigenvalue weighted by molar-refractivity contribution is 5.71. The zero-order valence-corrected chi connectivity index (χ0v) is 43.4. The molecule has 0 saturated heterocycles. The molecule has 1 unspecified atom stereocenters. The van der Waals surface area contributed by atoms with Gasteiger partial charge < -0.3 is 14.2 Å². The molecule has 1 atom stereocenters. The highest BCUT2D eigenvalue weighted by atomic mass is 16.6. The second-order valence-corrected chi connectivity index (χ2v) is 17.9. The monoisotopic (exact) mass is 929 g/mol. The Bertz CT molecular complexity index is 1390. The van der Waals surface area contributed by atoms with E-state index in [1.165, 1.54) is 109 Å². The van der Waals surface area contributed by atoms with Gasteiger partial charge in [-0.15, -0.1) is 0 Å². The Morgan fingerprint density at radius 1 is 0.328 bits per heavy atom. The van der Waals surface area contributed by atoms with Crippen LogP contribution in [-0.4, -0.2) is 37.2 Å². The first-order valence-electron chi connectivity index (χ1n) is 27.5. The average molecular weight is 929 g/mol. The minimum Gasteiger partial charge on any atom is -0.462 e. The van der Waals surface area contributed by atoms with Crippen molar-refractivity contribution in [1.82, 2.24) is 0 Å². The molecule has 380 valence electrons. The highest BCUT2D eigenvalue weighted by Crippen LogP contribution is 2.15. The Labute approximate surface area is 412 Å². The lowest BCUT2D eigenvalue weighted by molar-refractivity contribution is -0.167. The molecule has 0 aromatic carbocycles. The summed E-state index contributed by atoms with van der Waals surface area (Å²) in [4.78, 5) is 38.1. The summed E-state index contributed by atoms with van der Waals surface area (Å²) in [5, 5.41) is 0. The van der Waals surface area contributed by atoms with Gasteiger partial charge in [-0.05, 0) is 70.6 Å². The van der Waals surface area contributed by atoms with Gasteiger partial charge >= 0.3 is 17.9 Å². The fourth-order valence-corrected chi connectivity index (χ4v) is 7.37. The van der Waals surface area contributed by atoms with Crippen LogP contribution in [0.2, 0.25) is 0 Å². The van der Waals surface area contributed by atoms with Gasteiger partial charge in [0, 0.05) is 19.3 Å². The van der Waals surface area contributed by atoms with Crippen molar-refractivity contribution in [1.29, 1.82) is 0 Å². The molecule has 0 N–H and O–H groups in total. The maximum Gasteiger partial charge on any atom is 0.306 e. The molecule has 6 nitrogen and oxygen atoms in total. The highest BCUT2D eigenvalue weighted by Gasteiger charge is 2.19. The van der Waals surface area contributed by atoms with Gasteiger partial charge in [0.1, 0.15) is 13.2 Å². The summed E-state index contributed by atoms with van der Waals surface area (Å²) in [6.07, 6.45) is 73.5. The second-order valence-electron chi connectivity index (χ2n) is 17.9. The Balaban J connectivity index is 4.47. The van der Waals surface area contributed by atoms with Crippen molar-refractivity contribution < 1.29 is 28.6 Å². The third kappa shape index (κ3) is 52.9. The van der Waals surface area contributed by atoms with Crippen molar-refractivity contribution in [2.24, 2.45) is 0 Å². The molecular weight excluding hydrogens is 829 g/mol. The van der Waals surface area contributed by atoms with Crippen molar-refractivity contribution in [2.45, 2.75) is 245 Å². The SMILES string of the molecule is CC\C=C/C=C\C=C/C=C\C=C\C=C/CCCCCC(=O)OC(COC(=O)CCCCCCCCCCC/C=C\C/C=C\C/C=C\CC)COC(=O)CCCCCCCCCCCCCCC. The zero-order valence-electron chi connectivity index (χ0n) is 43.4. The Hall–Kier alpha value is -3.93. The van der Waals surface area contributed by atoms with Crippen molar-refractivity contribution in [3.63, 3.8) is 0 Å². The van der Waals surface area contributed by atoms with E-state index >= 15 is 0 Å². The van der Waals surface area contributed by atoms with Crippen LogP contribution in [-0.2, 0) is 28.6 Å². The second kappa shape index (κ2) is 54.7. The molecule has 0 aromatic heterocycles. The lowest BCUT2D eigenvalue weighted by Crippen LogP contribution is -2.30. The molecule has 0 radical (unpaired) electrons. The summed E-state index contributed by atoms with van der Waals surface area (Å²) < 4.78 is 16.8. The normalized spacial score (nSPS) is 12.9. The summed E-state index contributed by atoms with van der Waals surface area (Å²) >= 11 is 0. The van der Waals surface area contributed by atoms with E-state index in [9.17, 15) is 14.4 Å². The van der Waals surface area contributed by atoms with Crippen molar-refractivity contribution in [2.75, 3.05) is 13.2 Å². The standard InChI is InChI=1S/C61H100O6/c1-4-7-10-13-16-19-22-25-27-29-30-32-33-36-39-42-45-48-51-54-60(63)66-57-58(56-65-59(62)53-50-47-44-41-38-35-24-21-18-15-12-9-6-3)67-61(64)55-52-49-46-43-40-37-34-31-28-26-23-20-17-14-11-8-5-2/h7-8,10-11,14,16-17,19-20,23,25-28,31,34,37,40,58H,4-6,9,12-13,15,18,21-22,24,29-30,32-33,35-36,38-39,41-57H2,1-3H3/b10-7-,11-8-,17-14-,19-16-,23-20-,27-25-,28-26-,34-31+,40-37-. The molecule has 0 aliphatic rings. The largest absolute Gasteiger partial charge is 0.462 e. The Kier molecular flexibility index (Phi) is 51.5. The van der Waals surface area contributed by atoms with Crippen molar-refractivity contribution in [3.8, 4) is 0 Å². The zero-order chi connectivity index (χ0) is 48.6. The van der Waals surface area contributed by atoms with Crippen LogP contribution in [0.4, 0.5) is 0 Å². The topological polar surface area (TPSA) is 78.9 Å². The molecule has 0 amide bonds. The Morgan fingerprint density at radius 2 is 0.657 bits per heavy atom. The van der Waals surface area contributed by atoms with E-state index in [2.05, 4.69) is 69.4 Å². The minimum atomic E-state index is -0.804. The third-order valence-electron chi connectivity index (χ3n) is 11.4. The molecule has 0 rings (SSSR count). The minimum absolute atomic E-state index is 0.0977. The van der Waals surface area contributed by atoms with Gasteiger partial charge in [0.05, 0.1) is 0 Å². The van der Waals surface area contributed by atoms with E-state index in [-0.39, 0.29) is 37.5 Å². The molecule has 0 aliphatic carbocycles. The lowest BCUT2D eigenvalue weighted by atomic mass is 10.0. The number of rotatable bonds is 48. The first-order valence-corrected chi connectivity index (χ1v) is 27.5. The molecule has 0 bridgehead atoms. The number of ether oxygens (including phenoxy) is 3. The molecular formula is C61H100O6. The molecule has 0 aliphatic heterocycles. The van der Waals surface area contributed by atoms with Gasteiger partial charge in [-0.2, -0.15) is 0 Å². The number of carbonyl (C=O) groups excluding carboxylic acids is 3. The molecule has 67 heavy (non-hydrogen) atoms. The molecule has 6 heteroatoms. The van der Waals surface area contributed by atoms with Gasteiger partial charge in [0.15, 0.2) is 6.10 Å². The number of hydrogen-bond acceptors (Lipinski definition) is 6. The molecule has 0 fully saturated rings. The first kappa shape index (κ1) is 63.1. The van der Waals surface area contributed by atoms with Crippen LogP contribution in [0.25, 0.3) is 0 Å². The molecule has 0 spiro atoms. The van der Waals surface area contributed by atoms with E-state index in [1.807, 2.05) is 60.8 Å². The van der Waals surface area contributed by atoms with Gasteiger partial charge in [-0.3, -0.25) is 14.4 Å². The number of esters is 3. The first-order chi connectivity index (χ1) is 33.0. The maximum absolute atomic E-state index is 12.8. The van der Waals surface area contributed by atoms with Gasteiger partial charge in [-0.25, -0.2) is 0 Å². The molecule has 0 aromatic rings. The summed E-state index contributed by atoms with van der Waals surface area (Å²) in [6, 6.07) is 0. The van der Waals surface area contributed by atoms with Crippen LogP contribution in [0, 0.1) is 0 Å². The Morgan fingerprint density at radius 3 is 1.10 bits per heavy atom. The van der Waals surface area contributed by atoms with E-state index in [0.29, 0.717) is 19.3 Å². The predicted octanol–water partition coefficient (Wildman–Crippen LogP) is 18.3. The van der Waals surface area contributed by atoms with Crippen LogP contribution < -0.4 is 0 Å². The van der Waals surface area contributed by atoms with Gasteiger partial charge in [-0.1, -0.05) is 259 Å². The summed E-state index contributed by atoms with van der Waals surface area (Å²) in [5.74, 6) is -0.947. The number of unbranched alkanes of at least 4 members (excludes halogenated alkanes) is 24. The van der Waals surface area contributed by atoms with E-state index < -0.39 is 6.10 Å². The average Bonchev–Trinajstić information content (AvgIpc) is 3.33. The quantitative estimate of drug-likeness (QED) is 0.0199. The summed E-state index contributed by atoms with van der Waals surface area (Å²) in [5.41, 5.74) is 0. The van der Waals surface area contributed by atoms with E-state index in [4.69, 9.17) is 14.2 Å². The van der Waals surface area contributed by atoms with Crippen molar-refractivity contribution >= 4 is 17.9 Å². The number of hydrogen-bond donors (Lipinski definition) is 0. The van der Waals surface area contributed by atoms with Crippen molar-refractivity contribution in [3.05, 3.63) is 109 Å². The predicted molar refractivity (Wildman–Crippen MR) is 288 cm³/mol. The fourth-order valence-electron chi connectivity index (χ4n) is 7.37. The van der Waals surface area contributed by atoms with E-state index in [0.717, 1.165) is 83.5 Å². The molecule has 0 heterocycles. The maximum atomic E-state index is 12.8. The van der Waals surface area contributed by atoms with Gasteiger partial charge in [0.25, 0.3) is 0 Å². The van der Waals surface area contributed by atoms with Crippen LogP contribution in [0.15, 0.2) is 109 Å². The van der Waals surface area contributed by atoms with E-state index in [1.54, 1.807) is 0 Å².